The van der Waals surface area contributed by atoms with Crippen LogP contribution in [-0.2, 0) is 5.41 Å². The molecule has 3 N–H and O–H groups in total. The lowest BCUT2D eigenvalue weighted by Gasteiger charge is -2.21. The summed E-state index contributed by atoms with van der Waals surface area (Å²) in [6.45, 7) is 1.76. The number of halogens is 2. The van der Waals surface area contributed by atoms with Crippen molar-refractivity contribution in [1.29, 1.82) is 0 Å². The molecule has 2 atom stereocenters. The number of aliphatic hydroxyl groups excluding tert-OH is 1. The second-order valence-electron chi connectivity index (χ2n) is 8.26. The highest BCUT2D eigenvalue weighted by molar-refractivity contribution is 5.90. The van der Waals surface area contributed by atoms with Crippen LogP contribution in [0.25, 0.3) is 5.69 Å². The zero-order chi connectivity index (χ0) is 22.6. The van der Waals surface area contributed by atoms with E-state index in [-0.39, 0.29) is 0 Å². The van der Waals surface area contributed by atoms with E-state index >= 15 is 0 Å². The molecule has 0 radical (unpaired) electrons. The number of ether oxygens (including phenoxy) is 1. The van der Waals surface area contributed by atoms with Gasteiger partial charge in [0.25, 0.3) is 0 Å². The average molecular weight is 440 g/mol. The minimum absolute atomic E-state index is 0.352. The number of hydrogen-bond acceptors (Lipinski definition) is 4. The lowest BCUT2D eigenvalue weighted by Crippen LogP contribution is -2.39. The van der Waals surface area contributed by atoms with Gasteiger partial charge < -0.3 is 15.2 Å². The van der Waals surface area contributed by atoms with Gasteiger partial charge in [-0.3, -0.25) is 5.32 Å². The first-order valence-corrected chi connectivity index (χ1v) is 10.3. The number of hydrogen-bond donors (Lipinski definition) is 3. The fourth-order valence-electron chi connectivity index (χ4n) is 4.61. The SMILES string of the molecule is COc1nn(-c2ccccc2)c(NC(=O)NC2c3cc(F)c(F)cc3C3(CC3)[C@@H]2O)c1C. The summed E-state index contributed by atoms with van der Waals surface area (Å²) in [4.78, 5) is 13.0. The number of carbonyl (C=O) groups excluding carboxylic acids is 1. The van der Waals surface area contributed by atoms with Crippen LogP contribution in [-0.4, -0.2) is 34.1 Å². The van der Waals surface area contributed by atoms with Crippen LogP contribution in [0.1, 0.15) is 35.6 Å². The third kappa shape index (κ3) is 3.03. The molecule has 2 amide bonds. The maximum Gasteiger partial charge on any atom is 0.320 e. The van der Waals surface area contributed by atoms with Crippen LogP contribution in [0, 0.1) is 18.6 Å². The Labute approximate surface area is 183 Å². The summed E-state index contributed by atoms with van der Waals surface area (Å²) >= 11 is 0. The first kappa shape index (κ1) is 20.4. The number of carbonyl (C=O) groups is 1. The van der Waals surface area contributed by atoms with Gasteiger partial charge >= 0.3 is 6.03 Å². The van der Waals surface area contributed by atoms with Crippen LogP contribution >= 0.6 is 0 Å². The molecule has 9 heteroatoms. The molecular formula is C23H22F2N4O3. The molecule has 166 valence electrons. The third-order valence-electron chi connectivity index (χ3n) is 6.43. The van der Waals surface area contributed by atoms with Crippen molar-refractivity contribution < 1.29 is 23.4 Å². The zero-order valence-electron chi connectivity index (χ0n) is 17.5. The lowest BCUT2D eigenvalue weighted by molar-refractivity contribution is 0.109. The number of urea groups is 1. The van der Waals surface area contributed by atoms with E-state index in [4.69, 9.17) is 4.74 Å². The van der Waals surface area contributed by atoms with Crippen molar-refractivity contribution in [2.75, 3.05) is 12.4 Å². The van der Waals surface area contributed by atoms with Gasteiger partial charge in [0.15, 0.2) is 11.6 Å². The maximum atomic E-state index is 14.0. The van der Waals surface area contributed by atoms with E-state index in [1.807, 2.05) is 30.3 Å². The highest BCUT2D eigenvalue weighted by Gasteiger charge is 2.59. The molecule has 3 aromatic rings. The first-order valence-electron chi connectivity index (χ1n) is 10.3. The molecule has 1 heterocycles. The monoisotopic (exact) mass is 440 g/mol. The Morgan fingerprint density at radius 2 is 1.91 bits per heavy atom. The van der Waals surface area contributed by atoms with E-state index in [1.54, 1.807) is 11.6 Å². The molecule has 2 aliphatic carbocycles. The number of para-hydroxylation sites is 1. The third-order valence-corrected chi connectivity index (χ3v) is 6.43. The quantitative estimate of drug-likeness (QED) is 0.577. The number of fused-ring (bicyclic) bond motifs is 2. The Kier molecular flexibility index (Phi) is 4.67. The van der Waals surface area contributed by atoms with Crippen LogP contribution in [0.15, 0.2) is 42.5 Å². The van der Waals surface area contributed by atoms with E-state index in [9.17, 15) is 18.7 Å². The van der Waals surface area contributed by atoms with Gasteiger partial charge in [0.2, 0.25) is 5.88 Å². The van der Waals surface area contributed by atoms with Gasteiger partial charge in [-0.2, -0.15) is 0 Å². The van der Waals surface area contributed by atoms with Gasteiger partial charge in [-0.05, 0) is 55.2 Å². The average Bonchev–Trinajstić information content (AvgIpc) is 3.50. The minimum Gasteiger partial charge on any atom is -0.480 e. The molecule has 0 aliphatic heterocycles. The summed E-state index contributed by atoms with van der Waals surface area (Å²) in [5.41, 5.74) is 1.66. The number of nitrogens with one attached hydrogen (secondary N) is 2. The number of benzene rings is 2. The normalized spacial score (nSPS) is 20.2. The predicted octanol–water partition coefficient (Wildman–Crippen LogP) is 3.74. The van der Waals surface area contributed by atoms with Gasteiger partial charge in [-0.1, -0.05) is 18.2 Å². The summed E-state index contributed by atoms with van der Waals surface area (Å²) < 4.78 is 34.7. The van der Waals surface area contributed by atoms with Crippen LogP contribution in [0.5, 0.6) is 5.88 Å². The summed E-state index contributed by atoms with van der Waals surface area (Å²) in [6.07, 6.45) is 0.339. The largest absolute Gasteiger partial charge is 0.480 e. The second-order valence-corrected chi connectivity index (χ2v) is 8.26. The summed E-state index contributed by atoms with van der Waals surface area (Å²) in [5.74, 6) is -1.22. The highest BCUT2D eigenvalue weighted by atomic mass is 19.2. The number of aromatic nitrogens is 2. The highest BCUT2D eigenvalue weighted by Crippen LogP contribution is 2.60. The summed E-state index contributed by atoms with van der Waals surface area (Å²) in [5, 5.41) is 20.8. The van der Waals surface area contributed by atoms with Gasteiger partial charge in [0, 0.05) is 5.41 Å². The number of aliphatic hydroxyl groups is 1. The molecule has 1 unspecified atom stereocenters. The Morgan fingerprint density at radius 1 is 1.22 bits per heavy atom. The minimum atomic E-state index is -1.01. The number of nitrogens with zero attached hydrogens (tertiary/aromatic N) is 2. The lowest BCUT2D eigenvalue weighted by atomic mass is 9.96. The van der Waals surface area contributed by atoms with E-state index in [0.29, 0.717) is 41.2 Å². The standard InChI is InChI=1S/C23H22F2N4O3/c1-12-20(29(28-21(12)32-2)13-6-4-3-5-7-13)27-22(31)26-18-14-10-16(24)17(25)11-15(14)23(8-9-23)19(18)30/h3-7,10-11,18-19,30H,8-9H2,1-2H3,(H2,26,27,31)/t18?,19-/m1/s1. The fourth-order valence-corrected chi connectivity index (χ4v) is 4.61. The summed E-state index contributed by atoms with van der Waals surface area (Å²) in [6, 6.07) is 9.96. The second kappa shape index (κ2) is 7.30. The molecule has 1 fully saturated rings. The first-order chi connectivity index (χ1) is 15.4. The maximum absolute atomic E-state index is 14.0. The summed E-state index contributed by atoms with van der Waals surface area (Å²) in [7, 11) is 1.49. The molecule has 2 aliphatic rings. The number of methoxy groups -OCH3 is 1. The molecule has 5 rings (SSSR count). The van der Waals surface area contributed by atoms with E-state index in [1.165, 1.54) is 7.11 Å². The van der Waals surface area contributed by atoms with Crippen molar-refractivity contribution in [1.82, 2.24) is 15.1 Å². The van der Waals surface area contributed by atoms with E-state index in [2.05, 4.69) is 15.7 Å². The number of anilines is 1. The molecule has 2 aromatic carbocycles. The van der Waals surface area contributed by atoms with Crippen LogP contribution in [0.2, 0.25) is 0 Å². The van der Waals surface area contributed by atoms with Crippen LogP contribution < -0.4 is 15.4 Å². The molecule has 0 saturated heterocycles. The Bertz CT molecular complexity index is 1210. The molecule has 7 nitrogen and oxygen atoms in total. The molecule has 1 saturated carbocycles. The van der Waals surface area contributed by atoms with E-state index in [0.717, 1.165) is 17.8 Å². The van der Waals surface area contributed by atoms with Crippen molar-refractivity contribution in [2.24, 2.45) is 0 Å². The van der Waals surface area contributed by atoms with Gasteiger partial charge in [0.05, 0.1) is 30.5 Å². The van der Waals surface area contributed by atoms with Gasteiger partial charge in [-0.25, -0.2) is 18.3 Å². The Balaban J connectivity index is 1.44. The van der Waals surface area contributed by atoms with Crippen molar-refractivity contribution in [3.63, 3.8) is 0 Å². The predicted molar refractivity (Wildman–Crippen MR) is 113 cm³/mol. The molecule has 32 heavy (non-hydrogen) atoms. The van der Waals surface area contributed by atoms with Crippen molar-refractivity contribution in [3.05, 3.63) is 70.8 Å². The number of amides is 2. The molecule has 0 bridgehead atoms. The van der Waals surface area contributed by atoms with Gasteiger partial charge in [-0.15, -0.1) is 5.10 Å². The van der Waals surface area contributed by atoms with Crippen molar-refractivity contribution in [3.8, 4) is 11.6 Å². The molecule has 1 spiro atoms. The Hall–Kier alpha value is -3.46. The van der Waals surface area contributed by atoms with Gasteiger partial charge in [0.1, 0.15) is 5.82 Å². The van der Waals surface area contributed by atoms with Crippen molar-refractivity contribution in [2.45, 2.75) is 37.3 Å². The zero-order valence-corrected chi connectivity index (χ0v) is 17.5. The van der Waals surface area contributed by atoms with Crippen LogP contribution in [0.3, 0.4) is 0 Å². The van der Waals surface area contributed by atoms with E-state index < -0.39 is 35.2 Å². The van der Waals surface area contributed by atoms with Crippen LogP contribution in [0.4, 0.5) is 19.4 Å². The fraction of sp³-hybridized carbons (Fsp3) is 0.304. The molecular weight excluding hydrogens is 418 g/mol. The topological polar surface area (TPSA) is 88.4 Å². The smallest absolute Gasteiger partial charge is 0.320 e. The Morgan fingerprint density at radius 3 is 2.56 bits per heavy atom. The number of rotatable bonds is 4. The molecule has 1 aromatic heterocycles. The van der Waals surface area contributed by atoms with Crippen molar-refractivity contribution >= 4 is 11.8 Å².